The van der Waals surface area contributed by atoms with Gasteiger partial charge in [-0.2, -0.15) is 0 Å². The Labute approximate surface area is 89.5 Å². The van der Waals surface area contributed by atoms with Crippen molar-refractivity contribution in [2.75, 3.05) is 7.05 Å². The number of hydrogen-bond acceptors (Lipinski definition) is 3. The molecule has 2 atom stereocenters. The first-order valence-electron chi connectivity index (χ1n) is 5.15. The second-order valence-electron chi connectivity index (χ2n) is 3.65. The van der Waals surface area contributed by atoms with E-state index in [-0.39, 0.29) is 0 Å². The van der Waals surface area contributed by atoms with E-state index in [4.69, 9.17) is 0 Å². The van der Waals surface area contributed by atoms with Gasteiger partial charge in [0.2, 0.25) is 0 Å². The lowest BCUT2D eigenvalue weighted by molar-refractivity contribution is 0.591. The first-order valence-corrected chi connectivity index (χ1v) is 6.03. The number of pyridine rings is 1. The fourth-order valence-corrected chi connectivity index (χ4v) is 3.28. The molecule has 2 nitrogen and oxygen atoms in total. The molecule has 14 heavy (non-hydrogen) atoms. The van der Waals surface area contributed by atoms with E-state index in [1.165, 1.54) is 19.3 Å². The van der Waals surface area contributed by atoms with E-state index in [1.807, 2.05) is 24.0 Å². The maximum Gasteiger partial charge on any atom is 0.0963 e. The van der Waals surface area contributed by atoms with Gasteiger partial charge in [-0.15, -0.1) is 11.8 Å². The molecule has 2 unspecified atom stereocenters. The fourth-order valence-electron chi connectivity index (χ4n) is 1.97. The van der Waals surface area contributed by atoms with E-state index in [0.29, 0.717) is 11.3 Å². The van der Waals surface area contributed by atoms with E-state index >= 15 is 0 Å². The molecule has 3 heteroatoms. The molecule has 0 radical (unpaired) electrons. The molecule has 0 aromatic carbocycles. The maximum absolute atomic E-state index is 4.35. The number of nitrogens with zero attached hydrogens (tertiary/aromatic N) is 1. The minimum absolute atomic E-state index is 0.669. The minimum atomic E-state index is 0.669. The lowest BCUT2D eigenvalue weighted by atomic mass is 10.2. The summed E-state index contributed by atoms with van der Waals surface area (Å²) >= 11 is 1.91. The van der Waals surface area contributed by atoms with Crippen LogP contribution in [-0.2, 0) is 0 Å². The Balaban J connectivity index is 1.97. The zero-order valence-corrected chi connectivity index (χ0v) is 9.26. The van der Waals surface area contributed by atoms with Crippen molar-refractivity contribution < 1.29 is 0 Å². The molecule has 1 N–H and O–H groups in total. The summed E-state index contributed by atoms with van der Waals surface area (Å²) in [6.45, 7) is 0. The van der Waals surface area contributed by atoms with Crippen molar-refractivity contribution in [3.8, 4) is 0 Å². The number of nitrogens with one attached hydrogen (secondary N) is 1. The van der Waals surface area contributed by atoms with Gasteiger partial charge in [0.15, 0.2) is 0 Å². The average Bonchev–Trinajstić information content (AvgIpc) is 2.67. The van der Waals surface area contributed by atoms with E-state index < -0.39 is 0 Å². The molecule has 2 rings (SSSR count). The highest BCUT2D eigenvalue weighted by Gasteiger charge is 2.26. The van der Waals surface area contributed by atoms with Crippen molar-refractivity contribution in [2.24, 2.45) is 0 Å². The smallest absolute Gasteiger partial charge is 0.0963 e. The van der Waals surface area contributed by atoms with Crippen molar-refractivity contribution in [3.05, 3.63) is 24.4 Å². The van der Waals surface area contributed by atoms with Crippen molar-refractivity contribution in [1.29, 1.82) is 0 Å². The molecule has 1 saturated carbocycles. The summed E-state index contributed by atoms with van der Waals surface area (Å²) in [5.41, 5.74) is 0. The predicted octanol–water partition coefficient (Wildman–Crippen LogP) is 2.31. The van der Waals surface area contributed by atoms with Crippen LogP contribution in [0.3, 0.4) is 0 Å². The largest absolute Gasteiger partial charge is 0.316 e. The molecule has 0 bridgehead atoms. The van der Waals surface area contributed by atoms with Gasteiger partial charge in [-0.1, -0.05) is 12.5 Å². The monoisotopic (exact) mass is 208 g/mol. The molecule has 1 aliphatic rings. The van der Waals surface area contributed by atoms with Gasteiger partial charge >= 0.3 is 0 Å². The van der Waals surface area contributed by atoms with Crippen LogP contribution in [0.4, 0.5) is 0 Å². The van der Waals surface area contributed by atoms with Gasteiger partial charge in [0.05, 0.1) is 5.03 Å². The third kappa shape index (κ3) is 2.28. The van der Waals surface area contributed by atoms with E-state index in [1.54, 1.807) is 0 Å². The first-order chi connectivity index (χ1) is 6.90. The molecule has 1 heterocycles. The van der Waals surface area contributed by atoms with Crippen LogP contribution in [-0.4, -0.2) is 23.3 Å². The van der Waals surface area contributed by atoms with Gasteiger partial charge in [0, 0.05) is 17.5 Å². The second-order valence-corrected chi connectivity index (χ2v) is 4.91. The van der Waals surface area contributed by atoms with Gasteiger partial charge in [0.1, 0.15) is 0 Å². The summed E-state index contributed by atoms with van der Waals surface area (Å²) in [6.07, 6.45) is 5.83. The Morgan fingerprint density at radius 1 is 1.43 bits per heavy atom. The summed E-state index contributed by atoms with van der Waals surface area (Å²) in [6, 6.07) is 6.78. The topological polar surface area (TPSA) is 24.9 Å². The molecule has 76 valence electrons. The number of thioether (sulfide) groups is 1. The van der Waals surface area contributed by atoms with Gasteiger partial charge < -0.3 is 5.32 Å². The number of rotatable bonds is 3. The SMILES string of the molecule is CNC1CCCC1Sc1ccccn1. The van der Waals surface area contributed by atoms with E-state index in [9.17, 15) is 0 Å². The summed E-state index contributed by atoms with van der Waals surface area (Å²) in [5.74, 6) is 0. The normalized spacial score (nSPS) is 26.6. The second kappa shape index (κ2) is 4.80. The Kier molecular flexibility index (Phi) is 3.43. The summed E-state index contributed by atoms with van der Waals surface area (Å²) in [7, 11) is 2.06. The molecule has 0 aliphatic heterocycles. The van der Waals surface area contributed by atoms with Gasteiger partial charge in [-0.3, -0.25) is 0 Å². The lowest BCUT2D eigenvalue weighted by Gasteiger charge is -2.17. The van der Waals surface area contributed by atoms with E-state index in [2.05, 4.69) is 29.5 Å². The molecule has 0 spiro atoms. The van der Waals surface area contributed by atoms with Gasteiger partial charge in [0.25, 0.3) is 0 Å². The standard InChI is InChI=1S/C11H16N2S/c1-12-9-5-4-6-10(9)14-11-7-2-3-8-13-11/h2-3,7-10,12H,4-6H2,1H3. The molecule has 1 aliphatic carbocycles. The molecule has 1 aromatic rings. The van der Waals surface area contributed by atoms with Crippen LogP contribution in [0.25, 0.3) is 0 Å². The van der Waals surface area contributed by atoms with Crippen LogP contribution in [0.2, 0.25) is 0 Å². The summed E-state index contributed by atoms with van der Waals surface area (Å²) < 4.78 is 0. The first kappa shape index (κ1) is 9.99. The lowest BCUT2D eigenvalue weighted by Crippen LogP contribution is -2.30. The quantitative estimate of drug-likeness (QED) is 0.825. The minimum Gasteiger partial charge on any atom is -0.316 e. The molecule has 0 amide bonds. The Hall–Kier alpha value is -0.540. The van der Waals surface area contributed by atoms with E-state index in [0.717, 1.165) is 5.03 Å². The van der Waals surface area contributed by atoms with Crippen LogP contribution in [0, 0.1) is 0 Å². The zero-order chi connectivity index (χ0) is 9.80. The highest BCUT2D eigenvalue weighted by atomic mass is 32.2. The molecule has 1 aromatic heterocycles. The van der Waals surface area contributed by atoms with Crippen LogP contribution >= 0.6 is 11.8 Å². The van der Waals surface area contributed by atoms with Crippen molar-refractivity contribution >= 4 is 11.8 Å². The maximum atomic E-state index is 4.35. The van der Waals surface area contributed by atoms with Gasteiger partial charge in [-0.05, 0) is 32.0 Å². The van der Waals surface area contributed by atoms with Crippen LogP contribution in [0.5, 0.6) is 0 Å². The average molecular weight is 208 g/mol. The molecule has 1 fully saturated rings. The number of hydrogen-bond donors (Lipinski definition) is 1. The Morgan fingerprint density at radius 3 is 3.07 bits per heavy atom. The van der Waals surface area contributed by atoms with Crippen LogP contribution in [0.1, 0.15) is 19.3 Å². The van der Waals surface area contributed by atoms with Crippen molar-refractivity contribution in [2.45, 2.75) is 35.6 Å². The highest BCUT2D eigenvalue weighted by Crippen LogP contribution is 2.33. The molecular weight excluding hydrogens is 192 g/mol. The van der Waals surface area contributed by atoms with Crippen molar-refractivity contribution in [1.82, 2.24) is 10.3 Å². The fraction of sp³-hybridized carbons (Fsp3) is 0.545. The summed E-state index contributed by atoms with van der Waals surface area (Å²) in [5, 5.41) is 5.24. The van der Waals surface area contributed by atoms with Crippen LogP contribution in [0.15, 0.2) is 29.4 Å². The van der Waals surface area contributed by atoms with Crippen LogP contribution < -0.4 is 5.32 Å². The third-order valence-electron chi connectivity index (χ3n) is 2.73. The Morgan fingerprint density at radius 2 is 2.36 bits per heavy atom. The van der Waals surface area contributed by atoms with Gasteiger partial charge in [-0.25, -0.2) is 4.98 Å². The molecule has 0 saturated heterocycles. The Bertz CT molecular complexity index is 276. The third-order valence-corrected chi connectivity index (χ3v) is 4.08. The zero-order valence-electron chi connectivity index (χ0n) is 8.44. The summed E-state index contributed by atoms with van der Waals surface area (Å²) in [4.78, 5) is 4.35. The van der Waals surface area contributed by atoms with Crippen molar-refractivity contribution in [3.63, 3.8) is 0 Å². The molecular formula is C11H16N2S. The predicted molar refractivity (Wildman–Crippen MR) is 60.6 cm³/mol. The number of aromatic nitrogens is 1. The highest BCUT2D eigenvalue weighted by molar-refractivity contribution is 7.99.